The van der Waals surface area contributed by atoms with Crippen molar-refractivity contribution in [3.8, 4) is 39.1 Å². The highest BCUT2D eigenvalue weighted by Crippen LogP contribution is 2.49. The molecule has 194 valence electrons. The molecule has 0 saturated heterocycles. The van der Waals surface area contributed by atoms with Crippen LogP contribution in [0.2, 0.25) is 0 Å². The minimum absolute atomic E-state index is 0.913. The monoisotopic (exact) mass is 533 g/mol. The maximum Gasteiger partial charge on any atom is 0.137 e. The molecular formula is C40H23NO. The van der Waals surface area contributed by atoms with Gasteiger partial charge in [-0.25, -0.2) is 0 Å². The molecule has 0 fully saturated rings. The fraction of sp³-hybridized carbons (Fsp3) is 0. The van der Waals surface area contributed by atoms with E-state index in [0.717, 1.165) is 33.1 Å². The highest BCUT2D eigenvalue weighted by molar-refractivity contribution is 6.19. The number of rotatable bonds is 2. The zero-order valence-electron chi connectivity index (χ0n) is 22.6. The van der Waals surface area contributed by atoms with Crippen molar-refractivity contribution in [1.82, 2.24) is 4.57 Å². The number of aromatic nitrogens is 1. The van der Waals surface area contributed by atoms with E-state index in [1.54, 1.807) is 0 Å². The van der Waals surface area contributed by atoms with Crippen LogP contribution >= 0.6 is 0 Å². The minimum atomic E-state index is 0.913. The lowest BCUT2D eigenvalue weighted by Gasteiger charge is -2.13. The minimum Gasteiger partial charge on any atom is -0.456 e. The second kappa shape index (κ2) is 7.99. The molecule has 7 aromatic carbocycles. The molecule has 0 atom stereocenters. The molecule has 2 nitrogen and oxygen atoms in total. The van der Waals surface area contributed by atoms with E-state index in [9.17, 15) is 0 Å². The molecule has 2 aromatic heterocycles. The number of benzene rings is 7. The Bertz CT molecular complexity index is 2550. The normalized spacial score (nSPS) is 12.3. The van der Waals surface area contributed by atoms with E-state index < -0.39 is 0 Å². The van der Waals surface area contributed by atoms with Gasteiger partial charge in [-0.1, -0.05) is 103 Å². The molecule has 2 heteroatoms. The van der Waals surface area contributed by atoms with Crippen molar-refractivity contribution >= 4 is 54.5 Å². The van der Waals surface area contributed by atoms with Crippen LogP contribution in [-0.4, -0.2) is 4.57 Å². The SMILES string of the molecule is c1cc(-c2ccc3c4c(cccc24)-c2ccccc2-3)cc(-n2c3ccccc3c3cc4c(cc32)oc2ccccc24)c1. The zero-order valence-corrected chi connectivity index (χ0v) is 22.6. The van der Waals surface area contributed by atoms with Gasteiger partial charge in [-0.2, -0.15) is 0 Å². The van der Waals surface area contributed by atoms with Gasteiger partial charge in [-0.05, 0) is 74.5 Å². The van der Waals surface area contributed by atoms with E-state index in [0.29, 0.717) is 0 Å². The molecule has 2 heterocycles. The second-order valence-corrected chi connectivity index (χ2v) is 11.3. The van der Waals surface area contributed by atoms with Gasteiger partial charge in [-0.3, -0.25) is 0 Å². The number of nitrogens with zero attached hydrogens (tertiary/aromatic N) is 1. The Balaban J connectivity index is 1.23. The Hall–Kier alpha value is -5.60. The maximum atomic E-state index is 6.33. The third kappa shape index (κ3) is 2.83. The molecule has 1 aliphatic carbocycles. The molecule has 0 N–H and O–H groups in total. The van der Waals surface area contributed by atoms with Gasteiger partial charge < -0.3 is 8.98 Å². The van der Waals surface area contributed by atoms with Crippen molar-refractivity contribution in [2.24, 2.45) is 0 Å². The summed E-state index contributed by atoms with van der Waals surface area (Å²) >= 11 is 0. The Morgan fingerprint density at radius 2 is 1.07 bits per heavy atom. The summed E-state index contributed by atoms with van der Waals surface area (Å²) in [5.74, 6) is 0. The van der Waals surface area contributed by atoms with Gasteiger partial charge in [0.05, 0.1) is 11.0 Å². The Labute approximate surface area is 241 Å². The smallest absolute Gasteiger partial charge is 0.137 e. The first-order chi connectivity index (χ1) is 20.8. The van der Waals surface area contributed by atoms with E-state index in [1.807, 2.05) is 12.1 Å². The number of para-hydroxylation sites is 2. The van der Waals surface area contributed by atoms with Crippen LogP contribution in [0.25, 0.3) is 93.6 Å². The molecule has 0 bridgehead atoms. The van der Waals surface area contributed by atoms with Gasteiger partial charge >= 0.3 is 0 Å². The molecule has 42 heavy (non-hydrogen) atoms. The van der Waals surface area contributed by atoms with Crippen molar-refractivity contribution in [2.75, 3.05) is 0 Å². The molecule has 9 aromatic rings. The molecule has 0 aliphatic heterocycles. The first-order valence-electron chi connectivity index (χ1n) is 14.4. The largest absolute Gasteiger partial charge is 0.456 e. The zero-order chi connectivity index (χ0) is 27.4. The van der Waals surface area contributed by atoms with Gasteiger partial charge in [0.15, 0.2) is 0 Å². The lowest BCUT2D eigenvalue weighted by molar-refractivity contribution is 0.669. The molecule has 0 amide bonds. The summed E-state index contributed by atoms with van der Waals surface area (Å²) in [5.41, 5.74) is 13.1. The third-order valence-electron chi connectivity index (χ3n) is 9.13. The van der Waals surface area contributed by atoms with Crippen LogP contribution in [0.15, 0.2) is 144 Å². The van der Waals surface area contributed by atoms with Crippen molar-refractivity contribution in [2.45, 2.75) is 0 Å². The van der Waals surface area contributed by atoms with Crippen molar-refractivity contribution in [3.05, 3.63) is 140 Å². The second-order valence-electron chi connectivity index (χ2n) is 11.3. The van der Waals surface area contributed by atoms with Crippen LogP contribution in [-0.2, 0) is 0 Å². The van der Waals surface area contributed by atoms with Gasteiger partial charge in [0.2, 0.25) is 0 Å². The van der Waals surface area contributed by atoms with E-state index in [-0.39, 0.29) is 0 Å². The Kier molecular flexibility index (Phi) is 4.21. The molecule has 1 aliphatic rings. The number of hydrogen-bond donors (Lipinski definition) is 0. The van der Waals surface area contributed by atoms with E-state index >= 15 is 0 Å². The lowest BCUT2D eigenvalue weighted by atomic mass is 9.94. The van der Waals surface area contributed by atoms with Gasteiger partial charge in [0, 0.05) is 33.3 Å². The summed E-state index contributed by atoms with van der Waals surface area (Å²) in [5, 5.41) is 7.44. The Morgan fingerprint density at radius 1 is 0.381 bits per heavy atom. The summed E-state index contributed by atoms with van der Waals surface area (Å²) < 4.78 is 8.72. The third-order valence-corrected chi connectivity index (χ3v) is 9.13. The molecule has 0 saturated carbocycles. The van der Waals surface area contributed by atoms with E-state index in [2.05, 4.69) is 132 Å². The van der Waals surface area contributed by atoms with Crippen LogP contribution in [0.4, 0.5) is 0 Å². The standard InChI is InChI=1S/C40H23NO/c1-2-12-28-27(11-1)32-16-8-15-31-26(19-20-33(28)40(31)32)24-9-7-10-25(21-24)41-36-17-5-3-13-29(36)34-22-35-30-14-4-6-18-38(30)42-39(35)23-37(34)41/h1-23H. The fourth-order valence-electron chi connectivity index (χ4n) is 7.34. The molecule has 0 spiro atoms. The topological polar surface area (TPSA) is 18.1 Å². The molecule has 0 unspecified atom stereocenters. The summed E-state index contributed by atoms with van der Waals surface area (Å²) in [6.45, 7) is 0. The van der Waals surface area contributed by atoms with Gasteiger partial charge in [0.25, 0.3) is 0 Å². The van der Waals surface area contributed by atoms with Crippen LogP contribution in [0, 0.1) is 0 Å². The maximum absolute atomic E-state index is 6.33. The number of furan rings is 1. The van der Waals surface area contributed by atoms with E-state index in [4.69, 9.17) is 4.42 Å². The van der Waals surface area contributed by atoms with Gasteiger partial charge in [-0.15, -0.1) is 0 Å². The summed E-state index contributed by atoms with van der Waals surface area (Å²) in [4.78, 5) is 0. The predicted octanol–water partition coefficient (Wildman–Crippen LogP) is 11.2. The molecular weight excluding hydrogens is 510 g/mol. The van der Waals surface area contributed by atoms with Crippen LogP contribution in [0.5, 0.6) is 0 Å². The van der Waals surface area contributed by atoms with E-state index in [1.165, 1.54) is 60.4 Å². The average molecular weight is 534 g/mol. The molecule has 10 rings (SSSR count). The van der Waals surface area contributed by atoms with Gasteiger partial charge in [0.1, 0.15) is 11.2 Å². The first-order valence-corrected chi connectivity index (χ1v) is 14.4. The summed E-state index contributed by atoms with van der Waals surface area (Å²) in [7, 11) is 0. The quantitative estimate of drug-likeness (QED) is 0.216. The van der Waals surface area contributed by atoms with Crippen LogP contribution in [0.3, 0.4) is 0 Å². The number of fused-ring (bicyclic) bond motifs is 9. The van der Waals surface area contributed by atoms with Crippen molar-refractivity contribution in [3.63, 3.8) is 0 Å². The van der Waals surface area contributed by atoms with Crippen LogP contribution in [0.1, 0.15) is 0 Å². The number of hydrogen-bond acceptors (Lipinski definition) is 1. The Morgan fingerprint density at radius 3 is 1.98 bits per heavy atom. The van der Waals surface area contributed by atoms with Crippen LogP contribution < -0.4 is 0 Å². The average Bonchev–Trinajstić information content (AvgIpc) is 3.69. The summed E-state index contributed by atoms with van der Waals surface area (Å²) in [6.07, 6.45) is 0. The summed E-state index contributed by atoms with van der Waals surface area (Å²) in [6, 6.07) is 50.6. The highest BCUT2D eigenvalue weighted by atomic mass is 16.3. The van der Waals surface area contributed by atoms with Crippen molar-refractivity contribution in [1.29, 1.82) is 0 Å². The lowest BCUT2D eigenvalue weighted by Crippen LogP contribution is -1.94. The first kappa shape index (κ1) is 22.1. The fourth-order valence-corrected chi connectivity index (χ4v) is 7.34. The van der Waals surface area contributed by atoms with Crippen molar-refractivity contribution < 1.29 is 4.42 Å². The predicted molar refractivity (Wildman–Crippen MR) is 175 cm³/mol. The molecule has 0 radical (unpaired) electrons. The highest BCUT2D eigenvalue weighted by Gasteiger charge is 2.22.